The van der Waals surface area contributed by atoms with Gasteiger partial charge in [0.05, 0.1) is 19.1 Å². The minimum atomic E-state index is -3.77. The van der Waals surface area contributed by atoms with E-state index in [1.54, 1.807) is 18.2 Å². The maximum atomic E-state index is 13.3. The molecular weight excluding hydrogens is 489 g/mol. The number of carbonyl (C=O) groups is 2. The van der Waals surface area contributed by atoms with Gasteiger partial charge in [0.1, 0.15) is 0 Å². The number of hydrogen-bond donors (Lipinski definition) is 0. The summed E-state index contributed by atoms with van der Waals surface area (Å²) < 4.78 is 37.4. The van der Waals surface area contributed by atoms with Gasteiger partial charge in [0.15, 0.2) is 0 Å². The van der Waals surface area contributed by atoms with Crippen molar-refractivity contribution in [2.24, 2.45) is 5.92 Å². The van der Waals surface area contributed by atoms with Crippen molar-refractivity contribution in [1.29, 1.82) is 0 Å². The summed E-state index contributed by atoms with van der Waals surface area (Å²) in [6.07, 6.45) is -0.289. The molecule has 0 N–H and O–H groups in total. The molecule has 3 atom stereocenters. The van der Waals surface area contributed by atoms with Gasteiger partial charge >= 0.3 is 11.9 Å². The molecule has 0 saturated carbocycles. The average molecular weight is 514 g/mol. The second-order valence-corrected chi connectivity index (χ2v) is 11.0. The topological polar surface area (TPSA) is 90.0 Å². The molecule has 0 aliphatic carbocycles. The van der Waals surface area contributed by atoms with E-state index in [4.69, 9.17) is 32.7 Å². The Morgan fingerprint density at radius 2 is 1.52 bits per heavy atom. The first-order valence-corrected chi connectivity index (χ1v) is 12.5. The molecule has 0 bridgehead atoms. The molecule has 0 radical (unpaired) electrons. The Hall–Kier alpha value is -2.13. The van der Waals surface area contributed by atoms with E-state index in [1.165, 1.54) is 16.4 Å². The third-order valence-electron chi connectivity index (χ3n) is 5.90. The van der Waals surface area contributed by atoms with Gasteiger partial charge < -0.3 is 9.47 Å². The Kier molecular flexibility index (Phi) is 8.05. The summed E-state index contributed by atoms with van der Waals surface area (Å²) in [6, 6.07) is 17.5. The molecule has 1 fully saturated rings. The molecule has 1 aliphatic rings. The first-order valence-electron chi connectivity index (χ1n) is 10.2. The second kappa shape index (κ2) is 10.4. The fraction of sp³-hybridized carbons (Fsp3) is 0.391. The minimum absolute atomic E-state index is 0.0975. The summed E-state index contributed by atoms with van der Waals surface area (Å²) in [7, 11) is -1.55. The van der Waals surface area contributed by atoms with Crippen LogP contribution in [-0.4, -0.2) is 62.2 Å². The summed E-state index contributed by atoms with van der Waals surface area (Å²) in [5.74, 6) is -2.67. The van der Waals surface area contributed by atoms with E-state index in [9.17, 15) is 18.0 Å². The fourth-order valence-electron chi connectivity index (χ4n) is 4.14. The average Bonchev–Trinajstić information content (AvgIpc) is 3.30. The van der Waals surface area contributed by atoms with Gasteiger partial charge in [0.25, 0.3) is 0 Å². The van der Waals surface area contributed by atoms with Crippen LogP contribution in [0.15, 0.2) is 65.6 Å². The molecule has 0 spiro atoms. The normalized spacial score (nSPS) is 20.2. The highest BCUT2D eigenvalue weighted by Gasteiger charge is 2.52. The first kappa shape index (κ1) is 25.5. The predicted molar refractivity (Wildman–Crippen MR) is 125 cm³/mol. The van der Waals surface area contributed by atoms with E-state index < -0.39 is 38.1 Å². The van der Waals surface area contributed by atoms with E-state index in [2.05, 4.69) is 0 Å². The molecule has 178 valence electrons. The SMILES string of the molecule is COC(=O)C(Cl)(CC(Cl)C1CN(S(=O)(=O)c2ccccc2)CC1c1ccccc1)C(=O)OC. The van der Waals surface area contributed by atoms with Gasteiger partial charge in [-0.2, -0.15) is 4.31 Å². The van der Waals surface area contributed by atoms with Crippen molar-refractivity contribution < 1.29 is 27.5 Å². The van der Waals surface area contributed by atoms with E-state index in [1.807, 2.05) is 30.3 Å². The molecule has 0 amide bonds. The van der Waals surface area contributed by atoms with Gasteiger partial charge in [-0.3, -0.25) is 0 Å². The Balaban J connectivity index is 1.95. The zero-order valence-electron chi connectivity index (χ0n) is 18.2. The summed E-state index contributed by atoms with van der Waals surface area (Å²) in [5, 5.41) is -0.832. The van der Waals surface area contributed by atoms with E-state index in [0.717, 1.165) is 19.8 Å². The zero-order chi connectivity index (χ0) is 24.2. The summed E-state index contributed by atoms with van der Waals surface area (Å²) in [6.45, 7) is 0.293. The maximum Gasteiger partial charge on any atom is 0.338 e. The zero-order valence-corrected chi connectivity index (χ0v) is 20.5. The molecule has 1 saturated heterocycles. The van der Waals surface area contributed by atoms with E-state index in [0.29, 0.717) is 0 Å². The van der Waals surface area contributed by atoms with Gasteiger partial charge in [-0.1, -0.05) is 60.1 Å². The monoisotopic (exact) mass is 513 g/mol. The lowest BCUT2D eigenvalue weighted by atomic mass is 9.83. The lowest BCUT2D eigenvalue weighted by Gasteiger charge is -2.29. The smallest absolute Gasteiger partial charge is 0.338 e. The van der Waals surface area contributed by atoms with Crippen LogP contribution in [0.1, 0.15) is 17.9 Å². The van der Waals surface area contributed by atoms with Crippen LogP contribution in [-0.2, 0) is 29.1 Å². The molecule has 0 aromatic heterocycles. The summed E-state index contributed by atoms with van der Waals surface area (Å²) >= 11 is 13.1. The highest BCUT2D eigenvalue weighted by molar-refractivity contribution is 7.89. The van der Waals surface area contributed by atoms with Crippen molar-refractivity contribution in [3.63, 3.8) is 0 Å². The molecule has 7 nitrogen and oxygen atoms in total. The Bertz CT molecular complexity index is 1060. The van der Waals surface area contributed by atoms with Crippen LogP contribution in [0, 0.1) is 5.92 Å². The summed E-state index contributed by atoms with van der Waals surface area (Å²) in [5.41, 5.74) is 0.898. The van der Waals surface area contributed by atoms with Crippen LogP contribution in [0.2, 0.25) is 0 Å². The lowest BCUT2D eigenvalue weighted by Crippen LogP contribution is -2.46. The molecule has 33 heavy (non-hydrogen) atoms. The highest BCUT2D eigenvalue weighted by Crippen LogP contribution is 2.42. The number of alkyl halides is 2. The lowest BCUT2D eigenvalue weighted by molar-refractivity contribution is -0.156. The van der Waals surface area contributed by atoms with E-state index >= 15 is 0 Å². The van der Waals surface area contributed by atoms with Crippen molar-refractivity contribution in [3.05, 3.63) is 66.2 Å². The number of benzene rings is 2. The number of esters is 2. The van der Waals surface area contributed by atoms with Crippen LogP contribution in [0.4, 0.5) is 0 Å². The first-order chi connectivity index (χ1) is 15.6. The van der Waals surface area contributed by atoms with Crippen LogP contribution in [0.5, 0.6) is 0 Å². The minimum Gasteiger partial charge on any atom is -0.467 e. The number of methoxy groups -OCH3 is 2. The molecule has 10 heteroatoms. The van der Waals surface area contributed by atoms with E-state index in [-0.39, 0.29) is 30.3 Å². The van der Waals surface area contributed by atoms with Gasteiger partial charge in [0, 0.05) is 30.8 Å². The van der Waals surface area contributed by atoms with Crippen LogP contribution >= 0.6 is 23.2 Å². The molecule has 1 aliphatic heterocycles. The van der Waals surface area contributed by atoms with Gasteiger partial charge in [-0.15, -0.1) is 11.6 Å². The van der Waals surface area contributed by atoms with Crippen molar-refractivity contribution in [3.8, 4) is 0 Å². The Morgan fingerprint density at radius 3 is 2.03 bits per heavy atom. The molecule has 2 aromatic rings. The van der Waals surface area contributed by atoms with Crippen LogP contribution in [0.3, 0.4) is 0 Å². The highest BCUT2D eigenvalue weighted by atomic mass is 35.5. The fourth-order valence-corrected chi connectivity index (χ4v) is 6.55. The predicted octanol–water partition coefficient (Wildman–Crippen LogP) is 3.41. The maximum absolute atomic E-state index is 13.3. The van der Waals surface area contributed by atoms with Gasteiger partial charge in [-0.05, 0) is 23.6 Å². The molecule has 1 heterocycles. The van der Waals surface area contributed by atoms with Crippen molar-refractivity contribution in [2.75, 3.05) is 27.3 Å². The number of carbonyl (C=O) groups excluding carboxylic acids is 2. The standard InChI is InChI=1S/C23H25Cl2NO6S/c1-31-21(27)23(25,22(28)32-2)13-20(24)19-15-26(14-18(19)16-9-5-3-6-10-16)33(29,30)17-11-7-4-8-12-17/h3-12,18-20H,13-15H2,1-2H3. The molecule has 3 rings (SSSR count). The van der Waals surface area contributed by atoms with Crippen LogP contribution < -0.4 is 0 Å². The number of hydrogen-bond acceptors (Lipinski definition) is 6. The van der Waals surface area contributed by atoms with Crippen molar-refractivity contribution >= 4 is 45.2 Å². The third kappa shape index (κ3) is 5.19. The summed E-state index contributed by atoms with van der Waals surface area (Å²) in [4.78, 5) is 22.7. The van der Waals surface area contributed by atoms with Crippen LogP contribution in [0.25, 0.3) is 0 Å². The number of halogens is 2. The Labute approximate surface area is 203 Å². The number of sulfonamides is 1. The molecule has 3 unspecified atom stereocenters. The van der Waals surface area contributed by atoms with Gasteiger partial charge in [-0.25, -0.2) is 18.0 Å². The Morgan fingerprint density at radius 1 is 1.00 bits per heavy atom. The van der Waals surface area contributed by atoms with Gasteiger partial charge in [0.2, 0.25) is 14.9 Å². The molecular formula is C23H25Cl2NO6S. The number of rotatable bonds is 8. The largest absolute Gasteiger partial charge is 0.467 e. The number of ether oxygens (including phenoxy) is 2. The van der Waals surface area contributed by atoms with Crippen molar-refractivity contribution in [2.45, 2.75) is 27.5 Å². The number of nitrogens with zero attached hydrogens (tertiary/aromatic N) is 1. The molecule has 2 aromatic carbocycles. The third-order valence-corrected chi connectivity index (χ3v) is 8.69. The second-order valence-electron chi connectivity index (χ2n) is 7.82. The quantitative estimate of drug-likeness (QED) is 0.305. The van der Waals surface area contributed by atoms with Crippen molar-refractivity contribution in [1.82, 2.24) is 4.31 Å².